The molecule has 0 radical (unpaired) electrons. The topological polar surface area (TPSA) is 148 Å². The standard InChI is InChI=1S/C10H15N3O5/c11-6(4-14)10(18)13-12-3-5-1-7(15)9(17)8(16)2-5/h1-2,6,12,14-17H,3-4,11H2,(H,13,18). The molecule has 0 bridgehead atoms. The highest BCUT2D eigenvalue weighted by Gasteiger charge is 2.11. The smallest absolute Gasteiger partial charge is 0.253 e. The molecule has 1 aromatic rings. The summed E-state index contributed by atoms with van der Waals surface area (Å²) < 4.78 is 0. The first kappa shape index (κ1) is 14.0. The van der Waals surface area contributed by atoms with Gasteiger partial charge in [0.25, 0.3) is 5.91 Å². The van der Waals surface area contributed by atoms with Crippen molar-refractivity contribution in [2.45, 2.75) is 12.6 Å². The third kappa shape index (κ3) is 3.48. The molecule has 8 heteroatoms. The largest absolute Gasteiger partial charge is 0.504 e. The van der Waals surface area contributed by atoms with Gasteiger partial charge in [-0.15, -0.1) is 0 Å². The van der Waals surface area contributed by atoms with E-state index in [1.54, 1.807) is 0 Å². The lowest BCUT2D eigenvalue weighted by molar-refractivity contribution is -0.124. The van der Waals surface area contributed by atoms with Crippen LogP contribution in [0.2, 0.25) is 0 Å². The van der Waals surface area contributed by atoms with E-state index in [2.05, 4.69) is 10.9 Å². The molecule has 0 aliphatic rings. The molecule has 0 aliphatic carbocycles. The molecular weight excluding hydrogens is 242 g/mol. The van der Waals surface area contributed by atoms with Crippen molar-refractivity contribution in [3.05, 3.63) is 17.7 Å². The molecule has 0 saturated carbocycles. The van der Waals surface area contributed by atoms with Crippen molar-refractivity contribution >= 4 is 5.91 Å². The lowest BCUT2D eigenvalue weighted by Gasteiger charge is -2.11. The second-order valence-electron chi connectivity index (χ2n) is 3.61. The van der Waals surface area contributed by atoms with E-state index in [9.17, 15) is 15.0 Å². The van der Waals surface area contributed by atoms with Gasteiger partial charge in [-0.25, -0.2) is 5.43 Å². The monoisotopic (exact) mass is 257 g/mol. The van der Waals surface area contributed by atoms with Crippen LogP contribution < -0.4 is 16.6 Å². The van der Waals surface area contributed by atoms with Crippen LogP contribution in [0.4, 0.5) is 0 Å². The Morgan fingerprint density at radius 3 is 2.33 bits per heavy atom. The predicted octanol–water partition coefficient (Wildman–Crippen LogP) is -1.76. The second-order valence-corrected chi connectivity index (χ2v) is 3.61. The van der Waals surface area contributed by atoms with E-state index in [0.29, 0.717) is 5.56 Å². The number of aliphatic hydroxyl groups excluding tert-OH is 1. The zero-order valence-electron chi connectivity index (χ0n) is 9.42. The Morgan fingerprint density at radius 2 is 1.83 bits per heavy atom. The SMILES string of the molecule is NC(CO)C(=O)NNCc1cc(O)c(O)c(O)c1. The Kier molecular flexibility index (Phi) is 4.72. The summed E-state index contributed by atoms with van der Waals surface area (Å²) in [6.45, 7) is -0.389. The maximum atomic E-state index is 11.2. The highest BCUT2D eigenvalue weighted by Crippen LogP contribution is 2.35. The quantitative estimate of drug-likeness (QED) is 0.244. The lowest BCUT2D eigenvalue weighted by Crippen LogP contribution is -2.48. The zero-order valence-corrected chi connectivity index (χ0v) is 9.42. The van der Waals surface area contributed by atoms with E-state index >= 15 is 0 Å². The lowest BCUT2D eigenvalue weighted by atomic mass is 10.2. The van der Waals surface area contributed by atoms with Crippen LogP contribution in [0.1, 0.15) is 5.56 Å². The van der Waals surface area contributed by atoms with Crippen LogP contribution >= 0.6 is 0 Å². The molecule has 1 unspecified atom stereocenters. The second kappa shape index (κ2) is 6.05. The van der Waals surface area contributed by atoms with Crippen molar-refractivity contribution in [3.8, 4) is 17.2 Å². The number of amides is 1. The fourth-order valence-electron chi connectivity index (χ4n) is 1.17. The van der Waals surface area contributed by atoms with Gasteiger partial charge in [0.2, 0.25) is 0 Å². The van der Waals surface area contributed by atoms with Gasteiger partial charge in [0.05, 0.1) is 6.61 Å². The van der Waals surface area contributed by atoms with Gasteiger partial charge in [0.15, 0.2) is 17.2 Å². The van der Waals surface area contributed by atoms with Gasteiger partial charge in [-0.1, -0.05) is 0 Å². The number of aromatic hydroxyl groups is 3. The number of carbonyl (C=O) groups is 1. The molecule has 18 heavy (non-hydrogen) atoms. The molecule has 8 N–H and O–H groups in total. The maximum absolute atomic E-state index is 11.2. The summed E-state index contributed by atoms with van der Waals surface area (Å²) in [5.74, 6) is -2.13. The number of nitrogens with one attached hydrogen (secondary N) is 2. The number of carbonyl (C=O) groups excluding carboxylic acids is 1. The molecule has 1 amide bonds. The van der Waals surface area contributed by atoms with Gasteiger partial charge >= 0.3 is 0 Å². The Labute approximate surface area is 103 Å². The van der Waals surface area contributed by atoms with Crippen molar-refractivity contribution in [1.82, 2.24) is 10.9 Å². The third-order valence-electron chi connectivity index (χ3n) is 2.17. The maximum Gasteiger partial charge on any atom is 0.253 e. The molecule has 1 rings (SSSR count). The van der Waals surface area contributed by atoms with Crippen LogP contribution in [-0.2, 0) is 11.3 Å². The van der Waals surface area contributed by atoms with Crippen LogP contribution in [0.25, 0.3) is 0 Å². The van der Waals surface area contributed by atoms with Crippen LogP contribution in [0.3, 0.4) is 0 Å². The van der Waals surface area contributed by atoms with Crippen LogP contribution in [0.15, 0.2) is 12.1 Å². The molecule has 0 aliphatic heterocycles. The number of phenols is 3. The Bertz CT molecular complexity index is 415. The summed E-state index contributed by atoms with van der Waals surface area (Å²) in [5, 5.41) is 36.2. The van der Waals surface area contributed by atoms with Crippen molar-refractivity contribution in [2.24, 2.45) is 5.73 Å². The van der Waals surface area contributed by atoms with E-state index < -0.39 is 35.8 Å². The van der Waals surface area contributed by atoms with Crippen LogP contribution in [0, 0.1) is 0 Å². The molecule has 100 valence electrons. The van der Waals surface area contributed by atoms with Gasteiger partial charge in [-0.05, 0) is 17.7 Å². The first-order valence-corrected chi connectivity index (χ1v) is 5.08. The molecule has 0 fully saturated rings. The van der Waals surface area contributed by atoms with Crippen molar-refractivity contribution < 1.29 is 25.2 Å². The average molecular weight is 257 g/mol. The number of hydrazine groups is 1. The van der Waals surface area contributed by atoms with Gasteiger partial charge in [-0.2, -0.15) is 0 Å². The Balaban J connectivity index is 2.52. The molecule has 1 aromatic carbocycles. The van der Waals surface area contributed by atoms with Crippen molar-refractivity contribution in [2.75, 3.05) is 6.61 Å². The van der Waals surface area contributed by atoms with Crippen molar-refractivity contribution in [3.63, 3.8) is 0 Å². The first-order chi connectivity index (χ1) is 8.45. The number of nitrogens with two attached hydrogens (primary N) is 1. The summed E-state index contributed by atoms with van der Waals surface area (Å²) in [5.41, 5.74) is 10.4. The fraction of sp³-hybridized carbons (Fsp3) is 0.300. The molecular formula is C10H15N3O5. The Hall–Kier alpha value is -2.03. The summed E-state index contributed by atoms with van der Waals surface area (Å²) in [7, 11) is 0. The predicted molar refractivity (Wildman–Crippen MR) is 61.5 cm³/mol. The first-order valence-electron chi connectivity index (χ1n) is 5.08. The summed E-state index contributed by atoms with van der Waals surface area (Å²) in [6.07, 6.45) is 0. The minimum atomic E-state index is -1.03. The molecule has 8 nitrogen and oxygen atoms in total. The van der Waals surface area contributed by atoms with E-state index in [-0.39, 0.29) is 6.54 Å². The highest BCUT2D eigenvalue weighted by atomic mass is 16.3. The normalized spacial score (nSPS) is 12.1. The van der Waals surface area contributed by atoms with E-state index in [0.717, 1.165) is 0 Å². The molecule has 0 heterocycles. The number of hydrogen-bond acceptors (Lipinski definition) is 7. The zero-order chi connectivity index (χ0) is 13.7. The third-order valence-corrected chi connectivity index (χ3v) is 2.17. The number of rotatable bonds is 5. The minimum Gasteiger partial charge on any atom is -0.504 e. The van der Waals surface area contributed by atoms with Crippen LogP contribution in [0.5, 0.6) is 17.2 Å². The van der Waals surface area contributed by atoms with Crippen LogP contribution in [-0.4, -0.2) is 39.0 Å². The minimum absolute atomic E-state index is 0.0886. The number of aliphatic hydroxyl groups is 1. The molecule has 1 atom stereocenters. The van der Waals surface area contributed by atoms with Gasteiger partial charge in [0, 0.05) is 6.54 Å². The summed E-state index contributed by atoms with van der Waals surface area (Å²) in [4.78, 5) is 11.2. The van der Waals surface area contributed by atoms with E-state index in [4.69, 9.17) is 15.9 Å². The number of hydrogen-bond donors (Lipinski definition) is 7. The van der Waals surface area contributed by atoms with Gasteiger partial charge in [0.1, 0.15) is 6.04 Å². The summed E-state index contributed by atoms with van der Waals surface area (Å²) in [6, 6.07) is 1.42. The number of phenolic OH excluding ortho intramolecular Hbond substituents is 3. The average Bonchev–Trinajstić information content (AvgIpc) is 2.34. The summed E-state index contributed by atoms with van der Waals surface area (Å²) >= 11 is 0. The molecule has 0 aromatic heterocycles. The Morgan fingerprint density at radius 1 is 1.28 bits per heavy atom. The number of benzene rings is 1. The van der Waals surface area contributed by atoms with E-state index in [1.807, 2.05) is 0 Å². The van der Waals surface area contributed by atoms with Gasteiger partial charge in [-0.3, -0.25) is 10.2 Å². The van der Waals surface area contributed by atoms with E-state index in [1.165, 1.54) is 12.1 Å². The van der Waals surface area contributed by atoms with Crippen molar-refractivity contribution in [1.29, 1.82) is 0 Å². The fourth-order valence-corrected chi connectivity index (χ4v) is 1.17. The highest BCUT2D eigenvalue weighted by molar-refractivity contribution is 5.81. The molecule has 0 spiro atoms. The molecule has 0 saturated heterocycles. The van der Waals surface area contributed by atoms with Gasteiger partial charge < -0.3 is 26.2 Å².